The summed E-state index contributed by atoms with van der Waals surface area (Å²) in [5, 5.41) is 14.2. The van der Waals surface area contributed by atoms with Crippen molar-refractivity contribution >= 4 is 28.7 Å². The van der Waals surface area contributed by atoms with Crippen LogP contribution < -0.4 is 11.1 Å². The van der Waals surface area contributed by atoms with Crippen LogP contribution in [-0.4, -0.2) is 34.1 Å². The highest BCUT2D eigenvalue weighted by Crippen LogP contribution is 2.16. The maximum atomic E-state index is 10.5. The van der Waals surface area contributed by atoms with Crippen molar-refractivity contribution < 1.29 is 4.92 Å². The van der Waals surface area contributed by atoms with E-state index in [-0.39, 0.29) is 11.7 Å². The van der Waals surface area contributed by atoms with Crippen LogP contribution in [0.4, 0.5) is 11.4 Å². The van der Waals surface area contributed by atoms with Gasteiger partial charge in [0.15, 0.2) is 5.11 Å². The van der Waals surface area contributed by atoms with E-state index < -0.39 is 4.92 Å². The van der Waals surface area contributed by atoms with Gasteiger partial charge >= 0.3 is 0 Å². The molecule has 1 aliphatic heterocycles. The van der Waals surface area contributed by atoms with Crippen LogP contribution in [-0.2, 0) is 0 Å². The van der Waals surface area contributed by atoms with Gasteiger partial charge in [0.05, 0.1) is 4.92 Å². The van der Waals surface area contributed by atoms with E-state index in [1.165, 1.54) is 12.1 Å². The van der Waals surface area contributed by atoms with E-state index in [1.54, 1.807) is 12.1 Å². The number of nitrogens with two attached hydrogens (primary N) is 1. The van der Waals surface area contributed by atoms with Gasteiger partial charge in [-0.05, 0) is 30.8 Å². The van der Waals surface area contributed by atoms with E-state index in [9.17, 15) is 10.1 Å². The van der Waals surface area contributed by atoms with Gasteiger partial charge in [0.2, 0.25) is 0 Å². The van der Waals surface area contributed by atoms with Crippen LogP contribution in [0.3, 0.4) is 0 Å². The average molecular weight is 266 g/mol. The Hall–Kier alpha value is -1.73. The highest BCUT2D eigenvalue weighted by molar-refractivity contribution is 7.80. The molecule has 96 valence electrons. The molecule has 18 heavy (non-hydrogen) atoms. The smallest absolute Gasteiger partial charge is 0.269 e. The third kappa shape index (κ3) is 2.93. The molecule has 1 fully saturated rings. The molecule has 0 unspecified atom stereocenters. The monoisotopic (exact) mass is 266 g/mol. The molecule has 0 aromatic heterocycles. The van der Waals surface area contributed by atoms with Gasteiger partial charge in [-0.2, -0.15) is 0 Å². The molecule has 1 aromatic carbocycles. The highest BCUT2D eigenvalue weighted by atomic mass is 32.1. The zero-order valence-corrected chi connectivity index (χ0v) is 10.5. The lowest BCUT2D eigenvalue weighted by atomic mass is 10.3. The first-order valence-electron chi connectivity index (χ1n) is 5.62. The summed E-state index contributed by atoms with van der Waals surface area (Å²) in [5.41, 5.74) is 6.61. The zero-order valence-electron chi connectivity index (χ0n) is 9.70. The predicted molar refractivity (Wildman–Crippen MR) is 73.5 cm³/mol. The molecular formula is C11H14N4O2S. The normalized spacial score (nSPS) is 18.7. The number of hydrogen-bond donors (Lipinski definition) is 2. The summed E-state index contributed by atoms with van der Waals surface area (Å²) in [4.78, 5) is 12.1. The van der Waals surface area contributed by atoms with Crippen molar-refractivity contribution in [1.82, 2.24) is 4.90 Å². The summed E-state index contributed by atoms with van der Waals surface area (Å²) in [6.07, 6.45) is 0.933. The van der Waals surface area contributed by atoms with Crippen molar-refractivity contribution in [2.24, 2.45) is 5.73 Å². The maximum Gasteiger partial charge on any atom is 0.269 e. The Balaban J connectivity index is 1.97. The number of non-ortho nitro benzene ring substituents is 1. The Kier molecular flexibility index (Phi) is 3.73. The molecule has 3 N–H and O–H groups in total. The SMILES string of the molecule is N[C@@H]1CCN(C(=S)Nc2ccc([N+](=O)[O-])cc2)C1. The number of likely N-dealkylation sites (tertiary alicyclic amines) is 1. The second kappa shape index (κ2) is 5.28. The summed E-state index contributed by atoms with van der Waals surface area (Å²) in [6.45, 7) is 1.60. The topological polar surface area (TPSA) is 84.4 Å². The van der Waals surface area contributed by atoms with Crippen LogP contribution in [0.25, 0.3) is 0 Å². The summed E-state index contributed by atoms with van der Waals surface area (Å²) in [7, 11) is 0. The molecule has 7 heteroatoms. The van der Waals surface area contributed by atoms with E-state index in [2.05, 4.69) is 5.32 Å². The van der Waals surface area contributed by atoms with E-state index in [0.29, 0.717) is 5.11 Å². The Bertz CT molecular complexity index is 463. The minimum atomic E-state index is -0.429. The highest BCUT2D eigenvalue weighted by Gasteiger charge is 2.21. The Morgan fingerprint density at radius 3 is 2.67 bits per heavy atom. The molecule has 0 aliphatic carbocycles. The Morgan fingerprint density at radius 2 is 2.17 bits per heavy atom. The zero-order chi connectivity index (χ0) is 13.1. The average Bonchev–Trinajstić information content (AvgIpc) is 2.76. The Labute approximate surface area is 110 Å². The van der Waals surface area contributed by atoms with Crippen LogP contribution >= 0.6 is 12.2 Å². The minimum Gasteiger partial charge on any atom is -0.347 e. The Morgan fingerprint density at radius 1 is 1.50 bits per heavy atom. The molecule has 6 nitrogen and oxygen atoms in total. The van der Waals surface area contributed by atoms with E-state index in [4.69, 9.17) is 18.0 Å². The second-order valence-electron chi connectivity index (χ2n) is 4.23. The third-order valence-electron chi connectivity index (χ3n) is 2.84. The van der Waals surface area contributed by atoms with Gasteiger partial charge < -0.3 is 16.0 Å². The fraction of sp³-hybridized carbons (Fsp3) is 0.364. The van der Waals surface area contributed by atoms with Gasteiger partial charge in [-0.15, -0.1) is 0 Å². The molecule has 0 spiro atoms. The maximum absolute atomic E-state index is 10.5. The first-order valence-corrected chi connectivity index (χ1v) is 6.03. The van der Waals surface area contributed by atoms with Gasteiger partial charge in [0, 0.05) is 37.0 Å². The van der Waals surface area contributed by atoms with E-state index in [1.807, 2.05) is 4.90 Å². The summed E-state index contributed by atoms with van der Waals surface area (Å²) >= 11 is 5.26. The number of nitrogens with one attached hydrogen (secondary N) is 1. The molecule has 2 rings (SSSR count). The molecule has 1 aromatic rings. The minimum absolute atomic E-state index is 0.0645. The molecule has 0 amide bonds. The van der Waals surface area contributed by atoms with Crippen LogP contribution in [0.5, 0.6) is 0 Å². The number of thiocarbonyl (C=S) groups is 1. The summed E-state index contributed by atoms with van der Waals surface area (Å²) in [5.74, 6) is 0. The second-order valence-corrected chi connectivity index (χ2v) is 4.62. The largest absolute Gasteiger partial charge is 0.347 e. The first kappa shape index (κ1) is 12.7. The third-order valence-corrected chi connectivity index (χ3v) is 3.20. The van der Waals surface area contributed by atoms with Gasteiger partial charge in [-0.3, -0.25) is 10.1 Å². The van der Waals surface area contributed by atoms with Crippen molar-refractivity contribution in [1.29, 1.82) is 0 Å². The fourth-order valence-corrected chi connectivity index (χ4v) is 2.12. The number of nitro groups is 1. The number of nitrogens with zero attached hydrogens (tertiary/aromatic N) is 2. The lowest BCUT2D eigenvalue weighted by Crippen LogP contribution is -2.34. The molecular weight excluding hydrogens is 252 g/mol. The molecule has 0 bridgehead atoms. The van der Waals surface area contributed by atoms with Gasteiger partial charge in [-0.1, -0.05) is 0 Å². The molecule has 1 saturated heterocycles. The van der Waals surface area contributed by atoms with Crippen molar-refractivity contribution in [2.75, 3.05) is 18.4 Å². The molecule has 1 heterocycles. The molecule has 0 saturated carbocycles. The summed E-state index contributed by atoms with van der Waals surface area (Å²) < 4.78 is 0. The summed E-state index contributed by atoms with van der Waals surface area (Å²) in [6, 6.07) is 6.34. The number of rotatable bonds is 2. The molecule has 0 radical (unpaired) electrons. The quantitative estimate of drug-likeness (QED) is 0.477. The van der Waals surface area contributed by atoms with Gasteiger partial charge in [0.1, 0.15) is 0 Å². The van der Waals surface area contributed by atoms with Crippen LogP contribution in [0.1, 0.15) is 6.42 Å². The predicted octanol–water partition coefficient (Wildman–Crippen LogP) is 1.32. The van der Waals surface area contributed by atoms with Crippen LogP contribution in [0.15, 0.2) is 24.3 Å². The van der Waals surface area contributed by atoms with Gasteiger partial charge in [-0.25, -0.2) is 0 Å². The number of benzene rings is 1. The lowest BCUT2D eigenvalue weighted by Gasteiger charge is -2.19. The van der Waals surface area contributed by atoms with Gasteiger partial charge in [0.25, 0.3) is 5.69 Å². The number of nitro benzene ring substituents is 1. The molecule has 1 atom stereocenters. The fourth-order valence-electron chi connectivity index (χ4n) is 1.84. The first-order chi connectivity index (χ1) is 8.56. The van der Waals surface area contributed by atoms with Crippen molar-refractivity contribution in [3.05, 3.63) is 34.4 Å². The number of anilines is 1. The number of hydrogen-bond acceptors (Lipinski definition) is 4. The van der Waals surface area contributed by atoms with Crippen LogP contribution in [0.2, 0.25) is 0 Å². The van der Waals surface area contributed by atoms with Crippen molar-refractivity contribution in [3.63, 3.8) is 0 Å². The van der Waals surface area contributed by atoms with Crippen molar-refractivity contribution in [2.45, 2.75) is 12.5 Å². The standard InChI is InChI=1S/C11H14N4O2S/c12-8-5-6-14(7-8)11(18)13-9-1-3-10(4-2-9)15(16)17/h1-4,8H,5-7,12H2,(H,13,18)/t8-/m1/s1. The van der Waals surface area contributed by atoms with E-state index >= 15 is 0 Å². The van der Waals surface area contributed by atoms with E-state index in [0.717, 1.165) is 25.2 Å². The van der Waals surface area contributed by atoms with Crippen molar-refractivity contribution in [3.8, 4) is 0 Å². The van der Waals surface area contributed by atoms with Crippen LogP contribution in [0, 0.1) is 10.1 Å². The lowest BCUT2D eigenvalue weighted by molar-refractivity contribution is -0.384. The molecule has 1 aliphatic rings.